The van der Waals surface area contributed by atoms with Crippen LogP contribution >= 0.6 is 23.4 Å². The summed E-state index contributed by atoms with van der Waals surface area (Å²) in [7, 11) is 0. The number of ether oxygens (including phenoxy) is 2. The fraction of sp³-hybridized carbons (Fsp3) is 0.590. The number of allylic oxidation sites excluding steroid dienone is 1. The molecule has 0 bridgehead atoms. The first-order valence-corrected chi connectivity index (χ1v) is 18.4. The molecule has 244 valence electrons. The maximum atomic E-state index is 14.6. The predicted molar refractivity (Wildman–Crippen MR) is 186 cm³/mol. The van der Waals surface area contributed by atoms with Crippen molar-refractivity contribution in [2.45, 2.75) is 103 Å². The van der Waals surface area contributed by atoms with E-state index in [0.717, 1.165) is 54.6 Å². The molecular formula is C39H51ClO4S. The summed E-state index contributed by atoms with van der Waals surface area (Å²) in [6, 6.07) is 17.8. The lowest BCUT2D eigenvalue weighted by Gasteiger charge is -2.41. The van der Waals surface area contributed by atoms with E-state index < -0.39 is 11.2 Å². The Balaban J connectivity index is 1.54. The second-order valence-electron chi connectivity index (χ2n) is 14.6. The molecule has 2 saturated carbocycles. The van der Waals surface area contributed by atoms with Crippen molar-refractivity contribution in [1.29, 1.82) is 0 Å². The number of benzene rings is 2. The van der Waals surface area contributed by atoms with Gasteiger partial charge in [0.2, 0.25) is 0 Å². The smallest absolute Gasteiger partial charge is 0.320 e. The van der Waals surface area contributed by atoms with Crippen LogP contribution in [0.2, 0.25) is 5.02 Å². The third-order valence-corrected chi connectivity index (χ3v) is 12.2. The molecule has 0 N–H and O–H groups in total. The zero-order valence-electron chi connectivity index (χ0n) is 27.8. The van der Waals surface area contributed by atoms with Gasteiger partial charge in [-0.25, -0.2) is 0 Å². The quantitative estimate of drug-likeness (QED) is 0.266. The molecule has 0 unspecified atom stereocenters. The van der Waals surface area contributed by atoms with E-state index in [1.54, 1.807) is 0 Å². The minimum absolute atomic E-state index is 0.150. The number of carbonyl (C=O) groups excluding carboxylic acids is 2. The molecule has 2 fully saturated rings. The molecular weight excluding hydrogens is 600 g/mol. The highest BCUT2D eigenvalue weighted by molar-refractivity contribution is 8.09. The molecule has 4 nitrogen and oxygen atoms in total. The Labute approximate surface area is 280 Å². The largest absolute Gasteiger partial charge is 0.462 e. The summed E-state index contributed by atoms with van der Waals surface area (Å²) in [6.45, 7) is 13.4. The Kier molecular flexibility index (Phi) is 11.5. The Morgan fingerprint density at radius 2 is 1.29 bits per heavy atom. The highest BCUT2D eigenvalue weighted by Crippen LogP contribution is 2.49. The molecule has 0 aromatic heterocycles. The molecule has 0 saturated heterocycles. The number of hydrogen-bond donors (Lipinski definition) is 0. The average Bonchev–Trinajstić information content (AvgIpc) is 3.01. The molecule has 0 radical (unpaired) electrons. The van der Waals surface area contributed by atoms with Gasteiger partial charge in [0.05, 0.1) is 5.92 Å². The van der Waals surface area contributed by atoms with Gasteiger partial charge in [0.15, 0.2) is 0 Å². The van der Waals surface area contributed by atoms with Gasteiger partial charge in [-0.15, -0.1) is 11.8 Å². The highest BCUT2D eigenvalue weighted by atomic mass is 35.5. The third-order valence-electron chi connectivity index (χ3n) is 10.6. The van der Waals surface area contributed by atoms with Crippen molar-refractivity contribution in [3.63, 3.8) is 0 Å². The second-order valence-corrected chi connectivity index (χ2v) is 16.3. The lowest BCUT2D eigenvalue weighted by molar-refractivity contribution is -0.167. The first-order valence-electron chi connectivity index (χ1n) is 17.1. The minimum Gasteiger partial charge on any atom is -0.462 e. The van der Waals surface area contributed by atoms with Crippen molar-refractivity contribution in [2.75, 3.05) is 0 Å². The van der Waals surface area contributed by atoms with E-state index in [4.69, 9.17) is 21.1 Å². The monoisotopic (exact) mass is 650 g/mol. The molecule has 9 atom stereocenters. The molecule has 1 aliphatic heterocycles. The van der Waals surface area contributed by atoms with Crippen LogP contribution in [0.25, 0.3) is 4.91 Å². The number of carbonyl (C=O) groups is 2. The Hall–Kier alpha value is -2.24. The van der Waals surface area contributed by atoms with Crippen molar-refractivity contribution >= 4 is 40.2 Å². The number of esters is 2. The third kappa shape index (κ3) is 8.19. The van der Waals surface area contributed by atoms with Crippen LogP contribution in [-0.2, 0) is 19.1 Å². The van der Waals surface area contributed by atoms with Gasteiger partial charge in [0, 0.05) is 15.8 Å². The molecule has 6 heteroatoms. The van der Waals surface area contributed by atoms with Gasteiger partial charge in [-0.3, -0.25) is 9.59 Å². The summed E-state index contributed by atoms with van der Waals surface area (Å²) in [5.41, 5.74) is 1.97. The van der Waals surface area contributed by atoms with Crippen LogP contribution < -0.4 is 0 Å². The van der Waals surface area contributed by atoms with E-state index in [0.29, 0.717) is 40.5 Å². The highest BCUT2D eigenvalue weighted by Gasteiger charge is 2.48. The second kappa shape index (κ2) is 15.1. The van der Waals surface area contributed by atoms with Crippen molar-refractivity contribution in [3.05, 3.63) is 76.8 Å². The molecule has 0 spiro atoms. The Morgan fingerprint density at radius 3 is 1.82 bits per heavy atom. The fourth-order valence-electron chi connectivity index (χ4n) is 7.87. The van der Waals surface area contributed by atoms with Crippen LogP contribution in [0, 0.1) is 41.4 Å². The molecule has 3 aliphatic rings. The van der Waals surface area contributed by atoms with Gasteiger partial charge in [-0.2, -0.15) is 0 Å². The predicted octanol–water partition coefficient (Wildman–Crippen LogP) is 10.2. The molecule has 2 aromatic rings. The number of thioether (sulfide) groups is 1. The fourth-order valence-corrected chi connectivity index (χ4v) is 9.34. The summed E-state index contributed by atoms with van der Waals surface area (Å²) in [5.74, 6) is 0.764. The summed E-state index contributed by atoms with van der Waals surface area (Å²) in [6.07, 6.45) is 7.98. The van der Waals surface area contributed by atoms with Gasteiger partial charge < -0.3 is 9.47 Å². The van der Waals surface area contributed by atoms with E-state index in [-0.39, 0.29) is 30.1 Å². The average molecular weight is 651 g/mol. The topological polar surface area (TPSA) is 52.6 Å². The van der Waals surface area contributed by atoms with Gasteiger partial charge in [0.1, 0.15) is 17.5 Å². The zero-order chi connectivity index (χ0) is 32.2. The Bertz CT molecular complexity index is 1320. The normalized spacial score (nSPS) is 32.2. The SMILES string of the molecule is CC(C)[C@@H]1CC[C@@H](C)C[C@H]1OC(=O)[C@@H]1[C@@H](C(=O)O[C@@H]2C[C@H](C)CC[C@H]2C(C)C)SC(c2ccccc2)=C[C@@H]1c1ccc(Cl)cc1. The van der Waals surface area contributed by atoms with Gasteiger partial charge in [-0.1, -0.05) is 115 Å². The summed E-state index contributed by atoms with van der Waals surface area (Å²) >= 11 is 7.77. The van der Waals surface area contributed by atoms with E-state index in [2.05, 4.69) is 59.8 Å². The van der Waals surface area contributed by atoms with Crippen LogP contribution in [0.5, 0.6) is 0 Å². The first kappa shape index (κ1) is 34.1. The van der Waals surface area contributed by atoms with Crippen LogP contribution in [0.15, 0.2) is 60.7 Å². The first-order chi connectivity index (χ1) is 21.5. The summed E-state index contributed by atoms with van der Waals surface area (Å²) in [4.78, 5) is 30.0. The van der Waals surface area contributed by atoms with Gasteiger partial charge in [0.25, 0.3) is 0 Å². The number of rotatable bonds is 8. The van der Waals surface area contributed by atoms with Crippen molar-refractivity contribution in [3.8, 4) is 0 Å². The molecule has 2 aliphatic carbocycles. The lowest BCUT2D eigenvalue weighted by Crippen LogP contribution is -2.45. The van der Waals surface area contributed by atoms with Crippen LogP contribution in [0.4, 0.5) is 0 Å². The molecule has 45 heavy (non-hydrogen) atoms. The maximum Gasteiger partial charge on any atom is 0.320 e. The van der Waals surface area contributed by atoms with E-state index in [9.17, 15) is 9.59 Å². The zero-order valence-corrected chi connectivity index (χ0v) is 29.4. The summed E-state index contributed by atoms with van der Waals surface area (Å²) in [5, 5.41) is -0.102. The van der Waals surface area contributed by atoms with Crippen LogP contribution in [0.3, 0.4) is 0 Å². The van der Waals surface area contributed by atoms with Gasteiger partial charge >= 0.3 is 11.9 Å². The van der Waals surface area contributed by atoms with Crippen LogP contribution in [0.1, 0.15) is 97.1 Å². The minimum atomic E-state index is -0.734. The van der Waals surface area contributed by atoms with E-state index >= 15 is 0 Å². The summed E-state index contributed by atoms with van der Waals surface area (Å²) < 4.78 is 13.0. The standard InChI is InChI=1S/C39H51ClO4S/c1-23(2)30-18-12-25(5)20-33(30)43-38(41)36-32(27-14-16-29(40)17-15-27)22-35(28-10-8-7-9-11-28)45-37(36)39(42)44-34-21-26(6)13-19-31(34)24(3)4/h7-11,14-17,22-26,30-34,36-37H,12-13,18-21H2,1-6H3/t25-,26-,30+,31+,32-,33-,34-,36+,37+/m1/s1. The van der Waals surface area contributed by atoms with E-state index in [1.165, 1.54) is 11.8 Å². The molecule has 5 rings (SSSR count). The lowest BCUT2D eigenvalue weighted by atomic mass is 9.75. The Morgan fingerprint density at radius 1 is 0.756 bits per heavy atom. The van der Waals surface area contributed by atoms with Crippen LogP contribution in [-0.4, -0.2) is 29.4 Å². The van der Waals surface area contributed by atoms with Gasteiger partial charge in [-0.05, 0) is 84.5 Å². The molecule has 2 aromatic carbocycles. The number of halogens is 1. The molecule has 1 heterocycles. The molecule has 0 amide bonds. The van der Waals surface area contributed by atoms with Crippen molar-refractivity contribution in [1.82, 2.24) is 0 Å². The van der Waals surface area contributed by atoms with Crippen molar-refractivity contribution in [2.24, 2.45) is 41.4 Å². The maximum absolute atomic E-state index is 14.6. The van der Waals surface area contributed by atoms with Crippen molar-refractivity contribution < 1.29 is 19.1 Å². The van der Waals surface area contributed by atoms with E-state index in [1.807, 2.05) is 42.5 Å². The number of hydrogen-bond acceptors (Lipinski definition) is 5.